The molecule has 3 heteroatoms. The molecule has 0 spiro atoms. The second-order valence-electron chi connectivity index (χ2n) is 8.68. The lowest BCUT2D eigenvalue weighted by molar-refractivity contribution is -0.380. The second kappa shape index (κ2) is 27.9. The Kier molecular flexibility index (Phi) is 29.8. The molecule has 0 rings (SSSR count). The van der Waals surface area contributed by atoms with Gasteiger partial charge in [0.1, 0.15) is 0 Å². The summed E-state index contributed by atoms with van der Waals surface area (Å²) in [4.78, 5) is 0. The number of hydrogen-bond acceptors (Lipinski definition) is 3. The van der Waals surface area contributed by atoms with Crippen LogP contribution in [0.25, 0.3) is 0 Å². The van der Waals surface area contributed by atoms with Crippen LogP contribution in [0.2, 0.25) is 0 Å². The van der Waals surface area contributed by atoms with Crippen LogP contribution in [0.5, 0.6) is 0 Å². The van der Waals surface area contributed by atoms with Crippen LogP contribution in [0.4, 0.5) is 0 Å². The fourth-order valence-corrected chi connectivity index (χ4v) is 3.86. The third-order valence-corrected chi connectivity index (χ3v) is 5.64. The van der Waals surface area contributed by atoms with Gasteiger partial charge >= 0.3 is 0 Å². The first kappa shape index (κ1) is 33.1. The fourth-order valence-electron chi connectivity index (χ4n) is 3.86. The molecule has 0 amide bonds. The van der Waals surface area contributed by atoms with Crippen LogP contribution in [0.3, 0.4) is 0 Å². The molecule has 3 nitrogen and oxygen atoms in total. The topological polar surface area (TPSA) is 27.7 Å². The summed E-state index contributed by atoms with van der Waals surface area (Å²) in [6, 6.07) is 0. The maximum atomic E-state index is 5.71. The van der Waals surface area contributed by atoms with Gasteiger partial charge in [0.05, 0.1) is 0 Å². The summed E-state index contributed by atoms with van der Waals surface area (Å²) in [6.07, 6.45) is 24.3. The molecule has 0 fully saturated rings. The number of unbranched alkanes of at least 4 members (excludes halogenated alkanes) is 15. The second-order valence-corrected chi connectivity index (χ2v) is 8.68. The first-order valence-corrected chi connectivity index (χ1v) is 14.1. The summed E-state index contributed by atoms with van der Waals surface area (Å²) < 4.78 is 17.1. The lowest BCUT2D eigenvalue weighted by Gasteiger charge is -2.32. The van der Waals surface area contributed by atoms with Gasteiger partial charge in [-0.3, -0.25) is 0 Å². The fraction of sp³-hybridized carbons (Fsp3) is 1.00. The smallest absolute Gasteiger partial charge is 0.282 e. The normalized spacial score (nSPS) is 11.4. The van der Waals surface area contributed by atoms with Gasteiger partial charge in [-0.15, -0.1) is 0 Å². The van der Waals surface area contributed by atoms with Gasteiger partial charge in [0.15, 0.2) is 0 Å². The standard InChI is InChI=1S/C16H34O3.C12H26/c1-5-9-10-11-12-13-14-15-16(17-6-2,18-7-3)19-8-4;1-3-5-7-9-11-12-10-8-6-4-2/h5-15H2,1-4H3;3-12H2,1-2H3. The molecule has 0 aromatic rings. The van der Waals surface area contributed by atoms with Gasteiger partial charge < -0.3 is 14.2 Å². The Morgan fingerprint density at radius 2 is 0.613 bits per heavy atom. The predicted octanol–water partition coefficient (Wildman–Crippen LogP) is 9.82. The first-order chi connectivity index (χ1) is 15.2. The SMILES string of the molecule is CCCCCCCCCC(OCC)(OCC)OCC.CCCCCCCCCCCC. The van der Waals surface area contributed by atoms with E-state index in [1.54, 1.807) is 0 Å². The summed E-state index contributed by atoms with van der Waals surface area (Å²) in [5.74, 6) is -0.804. The highest BCUT2D eigenvalue weighted by molar-refractivity contribution is 4.59. The summed E-state index contributed by atoms with van der Waals surface area (Å²) in [7, 11) is 0. The molecule has 0 bridgehead atoms. The minimum absolute atomic E-state index is 0.622. The van der Waals surface area contributed by atoms with E-state index in [2.05, 4.69) is 20.8 Å². The van der Waals surface area contributed by atoms with Crippen molar-refractivity contribution in [2.75, 3.05) is 19.8 Å². The van der Waals surface area contributed by atoms with Crippen molar-refractivity contribution < 1.29 is 14.2 Å². The summed E-state index contributed by atoms with van der Waals surface area (Å²) in [5.41, 5.74) is 0. The van der Waals surface area contributed by atoms with E-state index >= 15 is 0 Å². The Labute approximate surface area is 197 Å². The van der Waals surface area contributed by atoms with E-state index < -0.39 is 5.97 Å². The van der Waals surface area contributed by atoms with Crippen molar-refractivity contribution >= 4 is 0 Å². The maximum Gasteiger partial charge on any atom is 0.282 e. The van der Waals surface area contributed by atoms with Crippen LogP contribution >= 0.6 is 0 Å². The largest absolute Gasteiger partial charge is 0.328 e. The molecule has 0 aliphatic rings. The Hall–Kier alpha value is -0.120. The van der Waals surface area contributed by atoms with Gasteiger partial charge in [0, 0.05) is 26.2 Å². The van der Waals surface area contributed by atoms with Crippen molar-refractivity contribution in [1.29, 1.82) is 0 Å². The Balaban J connectivity index is 0. The van der Waals surface area contributed by atoms with E-state index in [9.17, 15) is 0 Å². The van der Waals surface area contributed by atoms with Gasteiger partial charge in [-0.05, 0) is 27.2 Å². The molecular weight excluding hydrogens is 384 g/mol. The van der Waals surface area contributed by atoms with E-state index in [1.807, 2.05) is 20.8 Å². The van der Waals surface area contributed by atoms with Crippen molar-refractivity contribution in [3.05, 3.63) is 0 Å². The van der Waals surface area contributed by atoms with E-state index in [0.717, 1.165) is 12.8 Å². The lowest BCUT2D eigenvalue weighted by Crippen LogP contribution is -2.39. The molecular formula is C28H60O3. The molecule has 190 valence electrons. The highest BCUT2D eigenvalue weighted by Crippen LogP contribution is 2.24. The Bertz CT molecular complexity index is 280. The maximum absolute atomic E-state index is 5.71. The highest BCUT2D eigenvalue weighted by atomic mass is 16.9. The third-order valence-electron chi connectivity index (χ3n) is 5.64. The van der Waals surface area contributed by atoms with Crippen LogP contribution in [0.15, 0.2) is 0 Å². The first-order valence-electron chi connectivity index (χ1n) is 14.1. The number of ether oxygens (including phenoxy) is 3. The van der Waals surface area contributed by atoms with Crippen LogP contribution in [0.1, 0.15) is 157 Å². The summed E-state index contributed by atoms with van der Waals surface area (Å²) >= 11 is 0. The van der Waals surface area contributed by atoms with Gasteiger partial charge in [0.2, 0.25) is 0 Å². The molecule has 0 saturated carbocycles. The zero-order chi connectivity index (χ0) is 23.5. The predicted molar refractivity (Wildman–Crippen MR) is 138 cm³/mol. The van der Waals surface area contributed by atoms with Crippen LogP contribution in [-0.2, 0) is 14.2 Å². The zero-order valence-corrected chi connectivity index (χ0v) is 22.6. The van der Waals surface area contributed by atoms with Gasteiger partial charge in [-0.1, -0.05) is 124 Å². The quantitative estimate of drug-likeness (QED) is 0.116. The highest BCUT2D eigenvalue weighted by Gasteiger charge is 2.31. The molecule has 31 heavy (non-hydrogen) atoms. The van der Waals surface area contributed by atoms with Crippen LogP contribution in [-0.4, -0.2) is 25.8 Å². The van der Waals surface area contributed by atoms with Crippen molar-refractivity contribution in [2.45, 2.75) is 163 Å². The van der Waals surface area contributed by atoms with Crippen molar-refractivity contribution in [3.63, 3.8) is 0 Å². The molecule has 0 saturated heterocycles. The molecule has 0 heterocycles. The molecule has 0 aromatic heterocycles. The van der Waals surface area contributed by atoms with E-state index in [-0.39, 0.29) is 0 Å². The molecule has 0 aromatic carbocycles. The van der Waals surface area contributed by atoms with E-state index in [1.165, 1.54) is 103 Å². The Morgan fingerprint density at radius 1 is 0.355 bits per heavy atom. The molecule has 0 N–H and O–H groups in total. The van der Waals surface area contributed by atoms with Crippen LogP contribution in [0, 0.1) is 0 Å². The average Bonchev–Trinajstić information content (AvgIpc) is 2.76. The molecule has 0 atom stereocenters. The average molecular weight is 445 g/mol. The number of hydrogen-bond donors (Lipinski definition) is 0. The third kappa shape index (κ3) is 24.4. The zero-order valence-electron chi connectivity index (χ0n) is 22.6. The molecule has 0 aliphatic carbocycles. The minimum Gasteiger partial charge on any atom is -0.328 e. The number of rotatable bonds is 23. The molecule has 0 aliphatic heterocycles. The Morgan fingerprint density at radius 3 is 0.871 bits per heavy atom. The summed E-state index contributed by atoms with van der Waals surface area (Å²) in [5, 5.41) is 0. The van der Waals surface area contributed by atoms with E-state index in [4.69, 9.17) is 14.2 Å². The molecule has 0 unspecified atom stereocenters. The minimum atomic E-state index is -0.804. The van der Waals surface area contributed by atoms with Gasteiger partial charge in [0.25, 0.3) is 5.97 Å². The van der Waals surface area contributed by atoms with E-state index in [0.29, 0.717) is 19.8 Å². The summed E-state index contributed by atoms with van der Waals surface area (Å²) in [6.45, 7) is 14.6. The monoisotopic (exact) mass is 444 g/mol. The van der Waals surface area contributed by atoms with Gasteiger partial charge in [-0.25, -0.2) is 0 Å². The molecule has 0 radical (unpaired) electrons. The van der Waals surface area contributed by atoms with Gasteiger partial charge in [-0.2, -0.15) is 0 Å². The lowest BCUT2D eigenvalue weighted by atomic mass is 10.1. The van der Waals surface area contributed by atoms with Crippen molar-refractivity contribution in [1.82, 2.24) is 0 Å². The van der Waals surface area contributed by atoms with Crippen LogP contribution < -0.4 is 0 Å². The van der Waals surface area contributed by atoms with Crippen molar-refractivity contribution in [2.24, 2.45) is 0 Å². The van der Waals surface area contributed by atoms with Crippen molar-refractivity contribution in [3.8, 4) is 0 Å².